The van der Waals surface area contributed by atoms with E-state index in [1.54, 1.807) is 0 Å². The molecule has 0 amide bonds. The molecule has 0 aliphatic rings. The van der Waals surface area contributed by atoms with Crippen molar-refractivity contribution in [2.24, 2.45) is 0 Å². The highest BCUT2D eigenvalue weighted by molar-refractivity contribution is 6.23. The zero-order valence-electron chi connectivity index (χ0n) is 35.9. The number of rotatable bonds is 8. The first-order chi connectivity index (χ1) is 32.7. The van der Waals surface area contributed by atoms with Gasteiger partial charge in [-0.25, -0.2) is 0 Å². The topological polar surface area (TPSA) is 51.6 Å². The summed E-state index contributed by atoms with van der Waals surface area (Å²) in [6, 6.07) is 77.3. The largest absolute Gasteiger partial charge is 0.256 e. The van der Waals surface area contributed by atoms with E-state index in [0.29, 0.717) is 0 Å². The summed E-state index contributed by atoms with van der Waals surface area (Å²) in [5.74, 6) is 0. The second-order valence-corrected chi connectivity index (χ2v) is 16.6. The van der Waals surface area contributed by atoms with E-state index >= 15 is 0 Å². The van der Waals surface area contributed by atoms with Gasteiger partial charge >= 0.3 is 0 Å². The molecule has 0 fully saturated rings. The maximum Gasteiger partial charge on any atom is 0.0802 e. The summed E-state index contributed by atoms with van der Waals surface area (Å²) in [4.78, 5) is 19.9. The number of pyridine rings is 4. The van der Waals surface area contributed by atoms with Gasteiger partial charge in [0.1, 0.15) is 0 Å². The Morgan fingerprint density at radius 1 is 0.212 bits per heavy atom. The highest BCUT2D eigenvalue weighted by Gasteiger charge is 2.18. The molecule has 0 radical (unpaired) electrons. The van der Waals surface area contributed by atoms with Crippen molar-refractivity contribution in [1.29, 1.82) is 0 Å². The summed E-state index contributed by atoms with van der Waals surface area (Å²) in [5.41, 5.74) is 19.2. The van der Waals surface area contributed by atoms with Crippen LogP contribution < -0.4 is 0 Å². The van der Waals surface area contributed by atoms with Gasteiger partial charge in [0.15, 0.2) is 0 Å². The lowest BCUT2D eigenvalue weighted by atomic mass is 9.86. The minimum absolute atomic E-state index is 0.946. The fourth-order valence-electron chi connectivity index (χ4n) is 9.49. The Morgan fingerprint density at radius 3 is 1.09 bits per heavy atom. The molecule has 0 N–H and O–H groups in total. The third kappa shape index (κ3) is 7.08. The van der Waals surface area contributed by atoms with Crippen molar-refractivity contribution in [3.8, 4) is 89.3 Å². The standard InChI is InChI=1S/C62H40N4/c1-3-16-41(17-4-1)59-31-29-43(38-64-59)49-20-7-9-22-51(49)45-34-46(52-23-10-8-21-50(52)44-30-32-60(65-39-44)42-18-5-2-6-19-42)36-47(35-45)53-24-11-12-25-54(53)48-37-58-55-26-13-14-27-56(55)61-57(28-15-33-63-61)62(58)66-40-48/h1-40H. The monoisotopic (exact) mass is 840 g/mol. The van der Waals surface area contributed by atoms with Crippen molar-refractivity contribution in [2.45, 2.75) is 0 Å². The lowest BCUT2D eigenvalue weighted by Crippen LogP contribution is -1.93. The van der Waals surface area contributed by atoms with Crippen LogP contribution in [0.15, 0.2) is 243 Å². The molecule has 12 rings (SSSR count). The molecular formula is C62H40N4. The highest BCUT2D eigenvalue weighted by atomic mass is 14.7. The van der Waals surface area contributed by atoms with E-state index in [1.807, 2.05) is 43.0 Å². The van der Waals surface area contributed by atoms with Crippen molar-refractivity contribution in [1.82, 2.24) is 19.9 Å². The third-order valence-electron chi connectivity index (χ3n) is 12.7. The molecular weight excluding hydrogens is 801 g/mol. The fraction of sp³-hybridized carbons (Fsp3) is 0. The van der Waals surface area contributed by atoms with E-state index in [2.05, 4.69) is 200 Å². The van der Waals surface area contributed by atoms with Gasteiger partial charge in [-0.1, -0.05) is 170 Å². The summed E-state index contributed by atoms with van der Waals surface area (Å²) >= 11 is 0. The molecule has 66 heavy (non-hydrogen) atoms. The smallest absolute Gasteiger partial charge is 0.0802 e. The molecule has 308 valence electrons. The van der Waals surface area contributed by atoms with Crippen LogP contribution in [0.1, 0.15) is 0 Å². The van der Waals surface area contributed by atoms with E-state index in [-0.39, 0.29) is 0 Å². The number of aromatic nitrogens is 4. The SMILES string of the molecule is c1ccc(-c2ccc(-c3ccccc3-c3cc(-c4ccccc4-c4ccc(-c5ccccc5)nc4)cc(-c4ccccc4-c4cnc5c(c4)c4ccccc4c4ncccc45)c3)cn2)cc1. The van der Waals surface area contributed by atoms with E-state index in [4.69, 9.17) is 19.9 Å². The quantitative estimate of drug-likeness (QED) is 0.143. The molecule has 0 spiro atoms. The van der Waals surface area contributed by atoms with Crippen LogP contribution in [0.5, 0.6) is 0 Å². The minimum Gasteiger partial charge on any atom is -0.256 e. The second-order valence-electron chi connectivity index (χ2n) is 16.6. The predicted octanol–water partition coefficient (Wildman–Crippen LogP) is 16.1. The van der Waals surface area contributed by atoms with Crippen molar-refractivity contribution >= 4 is 32.6 Å². The van der Waals surface area contributed by atoms with E-state index < -0.39 is 0 Å². The van der Waals surface area contributed by atoms with Gasteiger partial charge in [-0.3, -0.25) is 19.9 Å². The molecule has 0 atom stereocenters. The normalized spacial score (nSPS) is 11.3. The summed E-state index contributed by atoms with van der Waals surface area (Å²) in [6.07, 6.45) is 7.88. The first-order valence-electron chi connectivity index (χ1n) is 22.3. The lowest BCUT2D eigenvalue weighted by molar-refractivity contribution is 1.32. The van der Waals surface area contributed by atoms with Gasteiger partial charge in [0.25, 0.3) is 0 Å². The highest BCUT2D eigenvalue weighted by Crippen LogP contribution is 2.43. The summed E-state index contributed by atoms with van der Waals surface area (Å²) in [5, 5.41) is 4.42. The van der Waals surface area contributed by atoms with Gasteiger partial charge in [0, 0.05) is 68.8 Å². The Bertz CT molecular complexity index is 3550. The summed E-state index contributed by atoms with van der Waals surface area (Å²) < 4.78 is 0. The van der Waals surface area contributed by atoms with E-state index in [0.717, 1.165) is 122 Å². The van der Waals surface area contributed by atoms with Gasteiger partial charge < -0.3 is 0 Å². The van der Waals surface area contributed by atoms with Crippen LogP contribution in [-0.4, -0.2) is 19.9 Å². The van der Waals surface area contributed by atoms with Crippen LogP contribution in [0.2, 0.25) is 0 Å². The molecule has 12 aromatic rings. The number of hydrogen-bond donors (Lipinski definition) is 0. The molecule has 4 heteroatoms. The molecule has 4 nitrogen and oxygen atoms in total. The first kappa shape index (κ1) is 38.8. The second kappa shape index (κ2) is 16.7. The predicted molar refractivity (Wildman–Crippen MR) is 274 cm³/mol. The van der Waals surface area contributed by atoms with E-state index in [1.165, 1.54) is 0 Å². The molecule has 0 saturated heterocycles. The molecule has 0 saturated carbocycles. The van der Waals surface area contributed by atoms with Crippen LogP contribution in [0.3, 0.4) is 0 Å². The van der Waals surface area contributed by atoms with Crippen molar-refractivity contribution in [3.05, 3.63) is 243 Å². The number of benzene rings is 8. The molecule has 4 heterocycles. The molecule has 0 bridgehead atoms. The lowest BCUT2D eigenvalue weighted by Gasteiger charge is -2.18. The Kier molecular flexibility index (Phi) is 9.81. The van der Waals surface area contributed by atoms with Gasteiger partial charge in [-0.05, 0) is 104 Å². The maximum absolute atomic E-state index is 5.19. The first-order valence-corrected chi connectivity index (χ1v) is 22.3. The zero-order valence-corrected chi connectivity index (χ0v) is 35.9. The zero-order chi connectivity index (χ0) is 43.8. The Hall–Kier alpha value is -8.86. The Labute approximate surface area is 383 Å². The number of nitrogens with zero attached hydrogens (tertiary/aromatic N) is 4. The maximum atomic E-state index is 5.19. The number of hydrogen-bond acceptors (Lipinski definition) is 4. The van der Waals surface area contributed by atoms with Crippen LogP contribution in [0.4, 0.5) is 0 Å². The van der Waals surface area contributed by atoms with Crippen molar-refractivity contribution in [3.63, 3.8) is 0 Å². The number of fused-ring (bicyclic) bond motifs is 6. The van der Waals surface area contributed by atoms with Gasteiger partial charge in [0.05, 0.1) is 22.4 Å². The molecule has 8 aromatic carbocycles. The molecule has 0 aliphatic heterocycles. The average molecular weight is 841 g/mol. The van der Waals surface area contributed by atoms with Gasteiger partial charge in [0.2, 0.25) is 0 Å². The average Bonchev–Trinajstić information content (AvgIpc) is 3.41. The molecule has 4 aromatic heterocycles. The molecule has 0 aliphatic carbocycles. The fourth-order valence-corrected chi connectivity index (χ4v) is 9.49. The van der Waals surface area contributed by atoms with Crippen LogP contribution in [-0.2, 0) is 0 Å². The summed E-state index contributed by atoms with van der Waals surface area (Å²) in [6.45, 7) is 0. The van der Waals surface area contributed by atoms with Gasteiger partial charge in [-0.15, -0.1) is 0 Å². The third-order valence-corrected chi connectivity index (χ3v) is 12.7. The Morgan fingerprint density at radius 2 is 0.606 bits per heavy atom. The van der Waals surface area contributed by atoms with Crippen LogP contribution in [0, 0.1) is 0 Å². The van der Waals surface area contributed by atoms with Crippen molar-refractivity contribution < 1.29 is 0 Å². The van der Waals surface area contributed by atoms with Crippen LogP contribution >= 0.6 is 0 Å². The Balaban J connectivity index is 1.04. The van der Waals surface area contributed by atoms with Gasteiger partial charge in [-0.2, -0.15) is 0 Å². The van der Waals surface area contributed by atoms with Crippen LogP contribution in [0.25, 0.3) is 122 Å². The van der Waals surface area contributed by atoms with Crippen molar-refractivity contribution in [2.75, 3.05) is 0 Å². The van der Waals surface area contributed by atoms with E-state index in [9.17, 15) is 0 Å². The summed E-state index contributed by atoms with van der Waals surface area (Å²) in [7, 11) is 0. The molecule has 0 unspecified atom stereocenters. The minimum atomic E-state index is 0.946.